The van der Waals surface area contributed by atoms with Crippen LogP contribution >= 0.6 is 0 Å². The zero-order valence-corrected chi connectivity index (χ0v) is 17.9. The van der Waals surface area contributed by atoms with E-state index in [1.54, 1.807) is 0 Å². The minimum Gasteiger partial charge on any atom is -0.411 e. The summed E-state index contributed by atoms with van der Waals surface area (Å²) in [5, 5.41) is 15.9. The quantitative estimate of drug-likeness (QED) is 0.552. The summed E-state index contributed by atoms with van der Waals surface area (Å²) in [6, 6.07) is 13.2. The molecule has 0 atom stereocenters. The van der Waals surface area contributed by atoms with Gasteiger partial charge in [-0.1, -0.05) is 29.4 Å². The van der Waals surface area contributed by atoms with E-state index in [1.165, 1.54) is 19.1 Å². The number of amides is 1. The van der Waals surface area contributed by atoms with Gasteiger partial charge in [0.15, 0.2) is 0 Å². The van der Waals surface area contributed by atoms with Gasteiger partial charge in [0.1, 0.15) is 11.5 Å². The first-order valence-corrected chi connectivity index (χ1v) is 10.9. The Bertz CT molecular complexity index is 953. The number of nitrogens with one attached hydrogen (secondary N) is 1. The Morgan fingerprint density at radius 2 is 1.87 bits per heavy atom. The van der Waals surface area contributed by atoms with Gasteiger partial charge in [0.05, 0.1) is 6.54 Å². The van der Waals surface area contributed by atoms with Crippen LogP contribution in [0.3, 0.4) is 0 Å². The number of oxime groups is 1. The molecule has 2 N–H and O–H groups in total. The van der Waals surface area contributed by atoms with Gasteiger partial charge in [0.2, 0.25) is 5.91 Å². The summed E-state index contributed by atoms with van der Waals surface area (Å²) in [5.74, 6) is -0.246. The topological polar surface area (TPSA) is 68.2 Å². The number of hydrogen-bond donors (Lipinski definition) is 2. The Hall–Kier alpha value is -2.93. The van der Waals surface area contributed by atoms with Crippen molar-refractivity contribution in [2.24, 2.45) is 5.16 Å². The first-order chi connectivity index (χ1) is 15.0. The van der Waals surface area contributed by atoms with Crippen LogP contribution in [0, 0.1) is 5.82 Å². The van der Waals surface area contributed by atoms with Crippen molar-refractivity contribution in [2.75, 3.05) is 31.1 Å². The Kier molecular flexibility index (Phi) is 6.51. The number of piperidine rings is 1. The maximum absolute atomic E-state index is 13.1. The van der Waals surface area contributed by atoms with E-state index in [0.717, 1.165) is 61.3 Å². The number of likely N-dealkylation sites (tertiary alicyclic amines) is 1. The fourth-order valence-corrected chi connectivity index (χ4v) is 4.53. The van der Waals surface area contributed by atoms with Crippen LogP contribution in [0.15, 0.2) is 47.6 Å². The second-order valence-corrected chi connectivity index (χ2v) is 8.39. The molecule has 4 rings (SSSR count). The molecule has 0 radical (unpaired) electrons. The van der Waals surface area contributed by atoms with Crippen molar-refractivity contribution in [2.45, 2.75) is 38.8 Å². The molecular weight excluding hydrogens is 395 g/mol. The Morgan fingerprint density at radius 1 is 1.16 bits per heavy atom. The molecule has 31 heavy (non-hydrogen) atoms. The molecule has 2 aromatic carbocycles. The van der Waals surface area contributed by atoms with Gasteiger partial charge in [-0.2, -0.15) is 0 Å². The zero-order valence-electron chi connectivity index (χ0n) is 17.9. The summed E-state index contributed by atoms with van der Waals surface area (Å²) in [6.07, 6.45) is 3.00. The Morgan fingerprint density at radius 3 is 2.55 bits per heavy atom. The molecule has 0 saturated carbocycles. The summed E-state index contributed by atoms with van der Waals surface area (Å²) < 4.78 is 13.1. The lowest BCUT2D eigenvalue weighted by Gasteiger charge is -2.38. The highest BCUT2D eigenvalue weighted by atomic mass is 19.1. The molecule has 164 valence electrons. The van der Waals surface area contributed by atoms with Crippen molar-refractivity contribution < 1.29 is 14.4 Å². The van der Waals surface area contributed by atoms with E-state index in [9.17, 15) is 14.4 Å². The minimum absolute atomic E-state index is 0.0528. The lowest BCUT2D eigenvalue weighted by Crippen LogP contribution is -2.45. The number of anilines is 1. The standard InChI is InChI=1S/C24H29FN4O2/c1-17(30)26-15-19-4-7-22-23(27-31)16-29(24(22)14-19)21-9-12-28(13-10-21)11-8-18-2-5-20(25)6-3-18/h2-7,14,21,31H,8-13,15-16H2,1H3,(H,26,30). The SMILES string of the molecule is CC(=O)NCc1ccc2c(c1)N(C1CCN(CCc3ccc(F)cc3)CC1)CC2=NO. The smallest absolute Gasteiger partial charge is 0.217 e. The largest absolute Gasteiger partial charge is 0.411 e. The van der Waals surface area contributed by atoms with Crippen LogP contribution in [0.25, 0.3) is 0 Å². The molecule has 0 bridgehead atoms. The zero-order chi connectivity index (χ0) is 21.8. The number of fused-ring (bicyclic) bond motifs is 1. The van der Waals surface area contributed by atoms with E-state index in [4.69, 9.17) is 0 Å². The van der Waals surface area contributed by atoms with E-state index in [1.807, 2.05) is 24.3 Å². The van der Waals surface area contributed by atoms with Crippen LogP contribution in [0.4, 0.5) is 10.1 Å². The number of hydrogen-bond acceptors (Lipinski definition) is 5. The number of carbonyl (C=O) groups is 1. The monoisotopic (exact) mass is 424 g/mol. The number of carbonyl (C=O) groups excluding carboxylic acids is 1. The van der Waals surface area contributed by atoms with Gasteiger partial charge in [0, 0.05) is 50.4 Å². The van der Waals surface area contributed by atoms with Gasteiger partial charge in [-0.15, -0.1) is 0 Å². The van der Waals surface area contributed by atoms with Gasteiger partial charge in [0.25, 0.3) is 0 Å². The third-order valence-corrected chi connectivity index (χ3v) is 6.29. The van der Waals surface area contributed by atoms with Crippen LogP contribution in [0.5, 0.6) is 0 Å². The molecule has 0 aromatic heterocycles. The van der Waals surface area contributed by atoms with E-state index >= 15 is 0 Å². The first kappa shape index (κ1) is 21.3. The fraction of sp³-hybridized carbons (Fsp3) is 0.417. The predicted molar refractivity (Wildman–Crippen MR) is 119 cm³/mol. The highest BCUT2D eigenvalue weighted by molar-refractivity contribution is 6.11. The summed E-state index contributed by atoms with van der Waals surface area (Å²) in [5.41, 5.74) is 4.94. The third kappa shape index (κ3) is 5.05. The van der Waals surface area contributed by atoms with Crippen molar-refractivity contribution in [3.8, 4) is 0 Å². The first-order valence-electron chi connectivity index (χ1n) is 10.9. The average Bonchev–Trinajstić information content (AvgIpc) is 3.15. The van der Waals surface area contributed by atoms with Gasteiger partial charge in [-0.05, 0) is 48.6 Å². The number of rotatable bonds is 6. The highest BCUT2D eigenvalue weighted by Gasteiger charge is 2.32. The van der Waals surface area contributed by atoms with Crippen molar-refractivity contribution in [1.82, 2.24) is 10.2 Å². The van der Waals surface area contributed by atoms with Crippen LogP contribution in [-0.2, 0) is 17.8 Å². The predicted octanol–water partition coefficient (Wildman–Crippen LogP) is 3.17. The van der Waals surface area contributed by atoms with E-state index in [2.05, 4.69) is 26.3 Å². The van der Waals surface area contributed by atoms with Crippen molar-refractivity contribution >= 4 is 17.3 Å². The van der Waals surface area contributed by atoms with Gasteiger partial charge >= 0.3 is 0 Å². The summed E-state index contributed by atoms with van der Waals surface area (Å²) >= 11 is 0. The molecule has 2 aliphatic heterocycles. The van der Waals surface area contributed by atoms with Crippen LogP contribution in [-0.4, -0.2) is 53.9 Å². The molecule has 1 fully saturated rings. The number of benzene rings is 2. The third-order valence-electron chi connectivity index (χ3n) is 6.29. The molecule has 0 spiro atoms. The normalized spacial score (nSPS) is 18.4. The molecule has 2 heterocycles. The van der Waals surface area contributed by atoms with Gasteiger partial charge in [-0.25, -0.2) is 4.39 Å². The van der Waals surface area contributed by atoms with Gasteiger partial charge < -0.3 is 20.3 Å². The minimum atomic E-state index is -0.193. The van der Waals surface area contributed by atoms with Crippen molar-refractivity contribution in [1.29, 1.82) is 0 Å². The lowest BCUT2D eigenvalue weighted by atomic mass is 10.0. The molecule has 2 aromatic rings. The molecule has 6 nitrogen and oxygen atoms in total. The molecule has 7 heteroatoms. The van der Waals surface area contributed by atoms with Gasteiger partial charge in [-0.3, -0.25) is 4.79 Å². The number of nitrogens with zero attached hydrogens (tertiary/aromatic N) is 3. The second kappa shape index (κ2) is 9.47. The fourth-order valence-electron chi connectivity index (χ4n) is 4.53. The van der Waals surface area contributed by atoms with Crippen LogP contribution < -0.4 is 10.2 Å². The Labute approximate surface area is 182 Å². The van der Waals surface area contributed by atoms with Crippen LogP contribution in [0.1, 0.15) is 36.5 Å². The molecule has 2 aliphatic rings. The lowest BCUT2D eigenvalue weighted by molar-refractivity contribution is -0.119. The highest BCUT2D eigenvalue weighted by Crippen LogP contribution is 2.34. The number of halogens is 1. The molecule has 0 aliphatic carbocycles. The Balaban J connectivity index is 1.38. The van der Waals surface area contributed by atoms with E-state index in [-0.39, 0.29) is 11.7 Å². The van der Waals surface area contributed by atoms with Crippen molar-refractivity contribution in [3.63, 3.8) is 0 Å². The molecule has 0 unspecified atom stereocenters. The van der Waals surface area contributed by atoms with E-state index in [0.29, 0.717) is 24.8 Å². The summed E-state index contributed by atoms with van der Waals surface area (Å²) in [4.78, 5) is 16.1. The maximum Gasteiger partial charge on any atom is 0.217 e. The maximum atomic E-state index is 13.1. The van der Waals surface area contributed by atoms with Crippen LogP contribution in [0.2, 0.25) is 0 Å². The van der Waals surface area contributed by atoms with E-state index < -0.39 is 0 Å². The second-order valence-electron chi connectivity index (χ2n) is 8.39. The molecule has 1 saturated heterocycles. The van der Waals surface area contributed by atoms with Crippen molar-refractivity contribution in [3.05, 3.63) is 65.0 Å². The average molecular weight is 425 g/mol. The summed E-state index contributed by atoms with van der Waals surface area (Å²) in [6.45, 7) is 5.60. The summed E-state index contributed by atoms with van der Waals surface area (Å²) in [7, 11) is 0. The molecule has 1 amide bonds. The molecular formula is C24H29FN4O2.